The third-order valence-corrected chi connectivity index (χ3v) is 1.99. The number of nitrogens with zero attached hydrogens (tertiary/aromatic N) is 1. The molecule has 2 N–H and O–H groups in total. The van der Waals surface area contributed by atoms with Crippen LogP contribution in [0.3, 0.4) is 0 Å². The predicted molar refractivity (Wildman–Crippen MR) is 35.6 cm³/mol. The summed E-state index contributed by atoms with van der Waals surface area (Å²) >= 11 is 1.43. The van der Waals surface area contributed by atoms with Crippen LogP contribution in [0.5, 0.6) is 5.75 Å². The van der Waals surface area contributed by atoms with Crippen LogP contribution in [0.15, 0.2) is 11.7 Å². The van der Waals surface area contributed by atoms with Crippen molar-refractivity contribution in [2.75, 3.05) is 0 Å². The van der Waals surface area contributed by atoms with E-state index in [0.29, 0.717) is 0 Å². The minimum atomic E-state index is 0.285. The highest BCUT2D eigenvalue weighted by Gasteiger charge is 2.01. The van der Waals surface area contributed by atoms with Gasteiger partial charge >= 0.3 is 0 Å². The molecule has 0 aromatic carbocycles. The van der Waals surface area contributed by atoms with Gasteiger partial charge in [-0.05, 0) is 0 Å². The van der Waals surface area contributed by atoms with E-state index in [1.807, 2.05) is 0 Å². The van der Waals surface area contributed by atoms with Crippen molar-refractivity contribution in [3.63, 3.8) is 0 Å². The van der Waals surface area contributed by atoms with Crippen molar-refractivity contribution in [3.05, 3.63) is 11.7 Å². The van der Waals surface area contributed by atoms with Gasteiger partial charge in [-0.1, -0.05) is 0 Å². The molecule has 4 heteroatoms. The minimum Gasteiger partial charge on any atom is -0.505 e. The van der Waals surface area contributed by atoms with Crippen molar-refractivity contribution in [2.24, 2.45) is 0 Å². The van der Waals surface area contributed by atoms with Crippen LogP contribution in [0.1, 0.15) is 0 Å². The standard InChI is InChI=1S/C5H4N2OS/c8-3-1-6-5-4(3)9-2-7-5/h1-2,6,8H. The summed E-state index contributed by atoms with van der Waals surface area (Å²) in [5.74, 6) is 0.285. The molecule has 0 spiro atoms. The average molecular weight is 140 g/mol. The Balaban J connectivity index is 2.99. The molecule has 9 heavy (non-hydrogen) atoms. The van der Waals surface area contributed by atoms with Crippen LogP contribution in [0, 0.1) is 0 Å². The molecule has 2 aromatic heterocycles. The molecule has 2 rings (SSSR count). The maximum atomic E-state index is 9.04. The summed E-state index contributed by atoms with van der Waals surface area (Å²) in [5, 5.41) is 9.04. The summed E-state index contributed by atoms with van der Waals surface area (Å²) in [5.41, 5.74) is 2.46. The van der Waals surface area contributed by atoms with Gasteiger partial charge in [-0.2, -0.15) is 0 Å². The molecule has 0 saturated carbocycles. The normalized spacial score (nSPS) is 10.7. The Kier molecular flexibility index (Phi) is 0.790. The maximum Gasteiger partial charge on any atom is 0.152 e. The van der Waals surface area contributed by atoms with Crippen LogP contribution >= 0.6 is 11.3 Å². The first-order valence-electron chi connectivity index (χ1n) is 2.47. The SMILES string of the molecule is Oc1c[nH]c2ncsc12. The molecule has 0 unspecified atom stereocenters. The average Bonchev–Trinajstić information content (AvgIpc) is 2.35. The third-order valence-electron chi connectivity index (χ3n) is 1.15. The summed E-state index contributed by atoms with van der Waals surface area (Å²) < 4.78 is 0.829. The van der Waals surface area contributed by atoms with Gasteiger partial charge in [0.1, 0.15) is 4.70 Å². The largest absolute Gasteiger partial charge is 0.505 e. The third kappa shape index (κ3) is 0.533. The highest BCUT2D eigenvalue weighted by atomic mass is 32.1. The first-order chi connectivity index (χ1) is 4.38. The quantitative estimate of drug-likeness (QED) is 0.580. The fourth-order valence-corrected chi connectivity index (χ4v) is 1.40. The Morgan fingerprint density at radius 1 is 1.67 bits per heavy atom. The number of thiazole rings is 1. The number of hydrogen-bond donors (Lipinski definition) is 2. The molecule has 0 fully saturated rings. The van der Waals surface area contributed by atoms with E-state index >= 15 is 0 Å². The van der Waals surface area contributed by atoms with Crippen molar-refractivity contribution < 1.29 is 5.11 Å². The Hall–Kier alpha value is -1.03. The van der Waals surface area contributed by atoms with Crippen molar-refractivity contribution in [1.29, 1.82) is 0 Å². The lowest BCUT2D eigenvalue weighted by molar-refractivity contribution is 0.482. The summed E-state index contributed by atoms with van der Waals surface area (Å²) in [6.45, 7) is 0. The zero-order valence-corrected chi connectivity index (χ0v) is 5.27. The zero-order valence-electron chi connectivity index (χ0n) is 4.46. The van der Waals surface area contributed by atoms with Gasteiger partial charge in [0.15, 0.2) is 11.4 Å². The molecule has 0 aliphatic carbocycles. The van der Waals surface area contributed by atoms with Crippen molar-refractivity contribution >= 4 is 21.7 Å². The topological polar surface area (TPSA) is 48.9 Å². The summed E-state index contributed by atoms with van der Waals surface area (Å²) in [4.78, 5) is 6.76. The number of aromatic hydroxyl groups is 1. The molecule has 0 bridgehead atoms. The van der Waals surface area contributed by atoms with Crippen molar-refractivity contribution in [2.45, 2.75) is 0 Å². The van der Waals surface area contributed by atoms with E-state index in [0.717, 1.165) is 10.3 Å². The molecule has 3 nitrogen and oxygen atoms in total. The smallest absolute Gasteiger partial charge is 0.152 e. The predicted octanol–water partition coefficient (Wildman–Crippen LogP) is 1.33. The number of aromatic amines is 1. The second-order valence-corrected chi connectivity index (χ2v) is 2.56. The Morgan fingerprint density at radius 3 is 3.33 bits per heavy atom. The molecular formula is C5H4N2OS. The van der Waals surface area contributed by atoms with Crippen molar-refractivity contribution in [1.82, 2.24) is 9.97 Å². The van der Waals surface area contributed by atoms with Gasteiger partial charge in [-0.15, -0.1) is 11.3 Å². The van der Waals surface area contributed by atoms with Crippen LogP contribution in [-0.2, 0) is 0 Å². The monoisotopic (exact) mass is 140 g/mol. The number of nitrogens with one attached hydrogen (secondary N) is 1. The molecule has 2 aromatic rings. The molecule has 0 amide bonds. The Bertz CT molecular complexity index is 324. The Morgan fingerprint density at radius 2 is 2.56 bits per heavy atom. The van der Waals surface area contributed by atoms with E-state index in [1.54, 1.807) is 5.51 Å². The molecule has 2 heterocycles. The number of hydrogen-bond acceptors (Lipinski definition) is 3. The van der Waals surface area contributed by atoms with Crippen LogP contribution in [0.4, 0.5) is 0 Å². The van der Waals surface area contributed by atoms with E-state index in [9.17, 15) is 0 Å². The van der Waals surface area contributed by atoms with Crippen LogP contribution in [0.25, 0.3) is 10.3 Å². The fourth-order valence-electron chi connectivity index (χ4n) is 0.733. The number of H-pyrrole nitrogens is 1. The summed E-state index contributed by atoms with van der Waals surface area (Å²) in [6.07, 6.45) is 1.54. The van der Waals surface area contributed by atoms with Crippen LogP contribution in [0.2, 0.25) is 0 Å². The molecule has 0 radical (unpaired) electrons. The lowest BCUT2D eigenvalue weighted by Crippen LogP contribution is -1.58. The fraction of sp³-hybridized carbons (Fsp3) is 0. The number of rotatable bonds is 0. The minimum absolute atomic E-state index is 0.285. The van der Waals surface area contributed by atoms with Gasteiger partial charge in [-0.3, -0.25) is 0 Å². The molecule has 0 atom stereocenters. The molecule has 46 valence electrons. The highest BCUT2D eigenvalue weighted by molar-refractivity contribution is 7.17. The van der Waals surface area contributed by atoms with E-state index in [4.69, 9.17) is 5.11 Å². The van der Waals surface area contributed by atoms with E-state index < -0.39 is 0 Å². The first kappa shape index (κ1) is 4.81. The van der Waals surface area contributed by atoms with Gasteiger partial charge in [0.25, 0.3) is 0 Å². The maximum absolute atomic E-state index is 9.04. The van der Waals surface area contributed by atoms with Crippen LogP contribution < -0.4 is 0 Å². The second-order valence-electron chi connectivity index (χ2n) is 1.70. The van der Waals surface area contributed by atoms with E-state index in [1.165, 1.54) is 17.5 Å². The van der Waals surface area contributed by atoms with E-state index in [-0.39, 0.29) is 5.75 Å². The molecule has 0 aliphatic rings. The van der Waals surface area contributed by atoms with Gasteiger partial charge in [0.2, 0.25) is 0 Å². The second kappa shape index (κ2) is 1.48. The summed E-state index contributed by atoms with van der Waals surface area (Å²) in [7, 11) is 0. The summed E-state index contributed by atoms with van der Waals surface area (Å²) in [6, 6.07) is 0. The van der Waals surface area contributed by atoms with Gasteiger partial charge in [0.05, 0.1) is 5.51 Å². The highest BCUT2D eigenvalue weighted by Crippen LogP contribution is 2.26. The molecule has 0 aliphatic heterocycles. The van der Waals surface area contributed by atoms with Gasteiger partial charge in [0, 0.05) is 6.20 Å². The number of aromatic nitrogens is 2. The van der Waals surface area contributed by atoms with E-state index in [2.05, 4.69) is 9.97 Å². The Labute approximate surface area is 55.0 Å². The molecular weight excluding hydrogens is 136 g/mol. The van der Waals surface area contributed by atoms with Gasteiger partial charge in [-0.25, -0.2) is 4.98 Å². The lowest BCUT2D eigenvalue weighted by atomic mass is 10.6. The number of fused-ring (bicyclic) bond motifs is 1. The van der Waals surface area contributed by atoms with Crippen molar-refractivity contribution in [3.8, 4) is 5.75 Å². The first-order valence-corrected chi connectivity index (χ1v) is 3.35. The molecule has 0 saturated heterocycles. The van der Waals surface area contributed by atoms with Gasteiger partial charge < -0.3 is 10.1 Å². The zero-order chi connectivity index (χ0) is 6.27. The lowest BCUT2D eigenvalue weighted by Gasteiger charge is -1.74. The van der Waals surface area contributed by atoms with Crippen LogP contribution in [-0.4, -0.2) is 15.1 Å².